The fourth-order valence-corrected chi connectivity index (χ4v) is 2.97. The molecular weight excluding hydrogens is 355 g/mol. The Hall–Kier alpha value is -2.48. The van der Waals surface area contributed by atoms with Crippen LogP contribution in [0, 0.1) is 19.7 Å². The van der Waals surface area contributed by atoms with E-state index in [4.69, 9.17) is 0 Å². The highest BCUT2D eigenvalue weighted by Crippen LogP contribution is 2.21. The highest BCUT2D eigenvalue weighted by molar-refractivity contribution is 7.98. The Labute approximate surface area is 156 Å². The second-order valence-corrected chi connectivity index (χ2v) is 6.56. The molecule has 8 heteroatoms. The molecular formula is C18H21FN4O2S. The molecule has 0 bridgehead atoms. The molecule has 0 radical (unpaired) electrons. The summed E-state index contributed by atoms with van der Waals surface area (Å²) in [5.41, 5.74) is 3.13. The van der Waals surface area contributed by atoms with E-state index in [1.54, 1.807) is 0 Å². The smallest absolute Gasteiger partial charge is 0.224 e. The Morgan fingerprint density at radius 3 is 2.38 bits per heavy atom. The SMILES string of the molecule is CSc1nc(C)c(CCC(=O)Nc2ccc(F)c(NC(C)=O)c2)c(C)n1. The van der Waals surface area contributed by atoms with Crippen molar-refractivity contribution in [3.8, 4) is 0 Å². The molecule has 2 N–H and O–H groups in total. The molecule has 1 aromatic heterocycles. The Balaban J connectivity index is 2.03. The quantitative estimate of drug-likeness (QED) is 0.596. The Morgan fingerprint density at radius 1 is 1.15 bits per heavy atom. The van der Waals surface area contributed by atoms with Crippen molar-refractivity contribution in [1.29, 1.82) is 0 Å². The second kappa shape index (κ2) is 8.75. The van der Waals surface area contributed by atoms with Crippen molar-refractivity contribution >= 4 is 35.0 Å². The first-order chi connectivity index (χ1) is 12.3. The zero-order valence-electron chi connectivity index (χ0n) is 15.1. The van der Waals surface area contributed by atoms with Gasteiger partial charge in [-0.2, -0.15) is 0 Å². The van der Waals surface area contributed by atoms with Crippen molar-refractivity contribution in [2.24, 2.45) is 0 Å². The lowest BCUT2D eigenvalue weighted by atomic mass is 10.1. The zero-order valence-corrected chi connectivity index (χ0v) is 16.0. The number of hydrogen-bond acceptors (Lipinski definition) is 5. The van der Waals surface area contributed by atoms with Gasteiger partial charge in [0.15, 0.2) is 5.16 Å². The molecule has 0 aliphatic rings. The molecule has 0 saturated heterocycles. The van der Waals surface area contributed by atoms with Crippen molar-refractivity contribution in [3.63, 3.8) is 0 Å². The standard InChI is InChI=1S/C18H21FN4O2S/c1-10-14(11(2)21-18(20-10)26-4)6-8-17(25)23-13-5-7-15(19)16(9-13)22-12(3)24/h5,7,9H,6,8H2,1-4H3,(H,22,24)(H,23,25). The summed E-state index contributed by atoms with van der Waals surface area (Å²) in [5, 5.41) is 5.81. The van der Waals surface area contributed by atoms with E-state index >= 15 is 0 Å². The maximum absolute atomic E-state index is 13.6. The van der Waals surface area contributed by atoms with Crippen molar-refractivity contribution < 1.29 is 14.0 Å². The third-order valence-electron chi connectivity index (χ3n) is 3.75. The summed E-state index contributed by atoms with van der Waals surface area (Å²) < 4.78 is 13.6. The molecule has 2 amide bonds. The normalized spacial score (nSPS) is 10.5. The molecule has 0 fully saturated rings. The summed E-state index contributed by atoms with van der Waals surface area (Å²) in [6.07, 6.45) is 2.67. The van der Waals surface area contributed by atoms with Gasteiger partial charge in [0.25, 0.3) is 0 Å². The van der Waals surface area contributed by atoms with Crippen LogP contribution in [0.15, 0.2) is 23.4 Å². The number of nitrogens with zero attached hydrogens (tertiary/aromatic N) is 2. The number of hydrogen-bond donors (Lipinski definition) is 2. The molecule has 138 valence electrons. The number of thioether (sulfide) groups is 1. The van der Waals surface area contributed by atoms with Gasteiger partial charge in [0.05, 0.1) is 5.69 Å². The summed E-state index contributed by atoms with van der Waals surface area (Å²) in [5.74, 6) is -1.15. The van der Waals surface area contributed by atoms with Gasteiger partial charge in [-0.3, -0.25) is 9.59 Å². The lowest BCUT2D eigenvalue weighted by Gasteiger charge is -2.11. The maximum Gasteiger partial charge on any atom is 0.224 e. The lowest BCUT2D eigenvalue weighted by molar-refractivity contribution is -0.116. The number of nitrogens with one attached hydrogen (secondary N) is 2. The largest absolute Gasteiger partial charge is 0.326 e. The summed E-state index contributed by atoms with van der Waals surface area (Å²) >= 11 is 1.48. The summed E-state index contributed by atoms with van der Waals surface area (Å²) in [7, 11) is 0. The van der Waals surface area contributed by atoms with Gasteiger partial charge in [-0.05, 0) is 50.3 Å². The van der Waals surface area contributed by atoms with Crippen molar-refractivity contribution in [2.45, 2.75) is 38.8 Å². The molecule has 0 spiro atoms. The van der Waals surface area contributed by atoms with E-state index in [0.29, 0.717) is 17.3 Å². The average molecular weight is 376 g/mol. The molecule has 0 aliphatic heterocycles. The Morgan fingerprint density at radius 2 is 1.81 bits per heavy atom. The van der Waals surface area contributed by atoms with Gasteiger partial charge < -0.3 is 10.6 Å². The van der Waals surface area contributed by atoms with E-state index in [9.17, 15) is 14.0 Å². The number of halogens is 1. The monoisotopic (exact) mass is 376 g/mol. The first-order valence-corrected chi connectivity index (χ1v) is 9.27. The molecule has 0 unspecified atom stereocenters. The van der Waals surface area contributed by atoms with Crippen molar-refractivity contribution in [3.05, 3.63) is 41.0 Å². The number of rotatable bonds is 6. The Bertz CT molecular complexity index is 819. The van der Waals surface area contributed by atoms with Crippen LogP contribution < -0.4 is 10.6 Å². The minimum Gasteiger partial charge on any atom is -0.326 e. The first kappa shape index (κ1) is 19.8. The molecule has 1 heterocycles. The molecule has 6 nitrogen and oxygen atoms in total. The molecule has 0 aliphatic carbocycles. The summed E-state index contributed by atoms with van der Waals surface area (Å²) in [6, 6.07) is 4.04. The van der Waals surface area contributed by atoms with Crippen LogP contribution in [0.25, 0.3) is 0 Å². The highest BCUT2D eigenvalue weighted by Gasteiger charge is 2.12. The van der Waals surface area contributed by atoms with Crippen LogP contribution in [0.4, 0.5) is 15.8 Å². The fraction of sp³-hybridized carbons (Fsp3) is 0.333. The topological polar surface area (TPSA) is 84.0 Å². The van der Waals surface area contributed by atoms with Crippen LogP contribution in [0.5, 0.6) is 0 Å². The fourth-order valence-electron chi connectivity index (χ4n) is 2.51. The van der Waals surface area contributed by atoms with Crippen LogP contribution in [0.1, 0.15) is 30.3 Å². The molecule has 2 rings (SSSR count). The molecule has 2 aromatic rings. The Kier molecular flexibility index (Phi) is 6.68. The van der Waals surface area contributed by atoms with E-state index in [1.165, 1.54) is 36.9 Å². The number of benzene rings is 1. The third kappa shape index (κ3) is 5.26. The number of amides is 2. The first-order valence-electron chi connectivity index (χ1n) is 8.05. The second-order valence-electron chi connectivity index (χ2n) is 5.78. The van der Waals surface area contributed by atoms with E-state index in [-0.39, 0.29) is 23.9 Å². The zero-order chi connectivity index (χ0) is 19.3. The third-order valence-corrected chi connectivity index (χ3v) is 4.29. The number of anilines is 2. The van der Waals surface area contributed by atoms with Crippen LogP contribution in [0.2, 0.25) is 0 Å². The highest BCUT2D eigenvalue weighted by atomic mass is 32.2. The summed E-state index contributed by atoms with van der Waals surface area (Å²) in [6.45, 7) is 5.10. The van der Waals surface area contributed by atoms with Crippen molar-refractivity contribution in [2.75, 3.05) is 16.9 Å². The number of carbonyl (C=O) groups excluding carboxylic acids is 2. The van der Waals surface area contributed by atoms with E-state index < -0.39 is 5.82 Å². The van der Waals surface area contributed by atoms with Crippen LogP contribution >= 0.6 is 11.8 Å². The molecule has 1 aromatic carbocycles. The van der Waals surface area contributed by atoms with Gasteiger partial charge in [-0.15, -0.1) is 0 Å². The van der Waals surface area contributed by atoms with Gasteiger partial charge in [-0.25, -0.2) is 14.4 Å². The number of carbonyl (C=O) groups is 2. The van der Waals surface area contributed by atoms with Gasteiger partial charge in [-0.1, -0.05) is 11.8 Å². The van der Waals surface area contributed by atoms with E-state index in [2.05, 4.69) is 20.6 Å². The predicted molar refractivity (Wildman–Crippen MR) is 101 cm³/mol. The minimum absolute atomic E-state index is 0.0306. The van der Waals surface area contributed by atoms with Crippen molar-refractivity contribution in [1.82, 2.24) is 9.97 Å². The lowest BCUT2D eigenvalue weighted by Crippen LogP contribution is -2.14. The van der Waals surface area contributed by atoms with Gasteiger partial charge >= 0.3 is 0 Å². The van der Waals surface area contributed by atoms with Crippen LogP contribution in [-0.4, -0.2) is 28.0 Å². The number of aromatic nitrogens is 2. The van der Waals surface area contributed by atoms with Crippen LogP contribution in [-0.2, 0) is 16.0 Å². The predicted octanol–water partition coefficient (Wildman–Crippen LogP) is 3.48. The molecule has 0 saturated carbocycles. The average Bonchev–Trinajstić information content (AvgIpc) is 2.56. The summed E-state index contributed by atoms with van der Waals surface area (Å²) in [4.78, 5) is 32.1. The van der Waals surface area contributed by atoms with Gasteiger partial charge in [0, 0.05) is 30.4 Å². The van der Waals surface area contributed by atoms with E-state index in [1.807, 2.05) is 20.1 Å². The van der Waals surface area contributed by atoms with Gasteiger partial charge in [0.2, 0.25) is 11.8 Å². The van der Waals surface area contributed by atoms with Crippen LogP contribution in [0.3, 0.4) is 0 Å². The van der Waals surface area contributed by atoms with Gasteiger partial charge in [0.1, 0.15) is 5.82 Å². The molecule has 0 atom stereocenters. The minimum atomic E-state index is -0.560. The molecule has 26 heavy (non-hydrogen) atoms. The maximum atomic E-state index is 13.6. The van der Waals surface area contributed by atoms with E-state index in [0.717, 1.165) is 17.0 Å². The number of aryl methyl sites for hydroxylation is 2.